The van der Waals surface area contributed by atoms with E-state index in [1.165, 1.54) is 44.2 Å². The van der Waals surface area contributed by atoms with Gasteiger partial charge in [0.25, 0.3) is 0 Å². The highest BCUT2D eigenvalue weighted by atomic mass is 16.3. The van der Waals surface area contributed by atoms with Crippen LogP contribution in [0.5, 0.6) is 0 Å². The minimum absolute atomic E-state index is 0.0458. The summed E-state index contributed by atoms with van der Waals surface area (Å²) in [5, 5.41) is 17.1. The van der Waals surface area contributed by atoms with Crippen LogP contribution < -0.4 is 0 Å². The Kier molecular flexibility index (Phi) is 3.83. The summed E-state index contributed by atoms with van der Waals surface area (Å²) in [7, 11) is 4.03. The van der Waals surface area contributed by atoms with Gasteiger partial charge in [-0.2, -0.15) is 5.10 Å². The largest absolute Gasteiger partial charge is 0.393 e. The van der Waals surface area contributed by atoms with Crippen LogP contribution >= 0.6 is 0 Å². The predicted molar refractivity (Wildman–Crippen MR) is 94.2 cm³/mol. The topological polar surface area (TPSA) is 35.8 Å². The van der Waals surface area contributed by atoms with Crippen molar-refractivity contribution in [3.63, 3.8) is 0 Å². The second-order valence-electron chi connectivity index (χ2n) is 8.91. The molecule has 0 spiro atoms. The molecule has 0 aromatic carbocycles. The summed E-state index contributed by atoms with van der Waals surface area (Å²) in [6, 6.07) is 0. The minimum Gasteiger partial charge on any atom is -0.393 e. The quantitative estimate of drug-likeness (QED) is 0.746. The second kappa shape index (κ2) is 5.61. The summed E-state index contributed by atoms with van der Waals surface area (Å²) >= 11 is 0. The molecule has 0 radical (unpaired) electrons. The Hall–Kier alpha value is -0.830. The van der Waals surface area contributed by atoms with Crippen molar-refractivity contribution in [2.24, 2.45) is 34.2 Å². The van der Waals surface area contributed by atoms with Crippen LogP contribution in [0.1, 0.15) is 58.3 Å². The summed E-state index contributed by atoms with van der Waals surface area (Å²) in [5.41, 5.74) is 3.17. The number of nitrogens with zero attached hydrogens (tertiary/aromatic N) is 2. The van der Waals surface area contributed by atoms with Gasteiger partial charge in [-0.05, 0) is 86.5 Å². The molecule has 128 valence electrons. The van der Waals surface area contributed by atoms with Crippen LogP contribution in [0.2, 0.25) is 0 Å². The van der Waals surface area contributed by atoms with Crippen LogP contribution in [0.3, 0.4) is 0 Å². The third kappa shape index (κ3) is 2.47. The Labute approximate surface area is 140 Å². The van der Waals surface area contributed by atoms with Crippen LogP contribution in [0, 0.1) is 29.1 Å². The number of hydrogen-bond donors (Lipinski definition) is 1. The molecule has 3 fully saturated rings. The van der Waals surface area contributed by atoms with Crippen molar-refractivity contribution < 1.29 is 5.11 Å². The van der Waals surface area contributed by atoms with Crippen LogP contribution in [0.15, 0.2) is 16.8 Å². The molecule has 0 heterocycles. The Morgan fingerprint density at radius 1 is 1.09 bits per heavy atom. The first-order valence-electron chi connectivity index (χ1n) is 9.62. The van der Waals surface area contributed by atoms with E-state index in [0.29, 0.717) is 0 Å². The molecule has 3 heteroatoms. The van der Waals surface area contributed by atoms with Crippen LogP contribution in [-0.4, -0.2) is 36.0 Å². The van der Waals surface area contributed by atoms with Gasteiger partial charge in [-0.15, -0.1) is 0 Å². The molecule has 0 amide bonds. The Morgan fingerprint density at radius 3 is 2.70 bits per heavy atom. The normalized spacial score (nSPS) is 47.6. The molecule has 0 saturated heterocycles. The average Bonchev–Trinajstić information content (AvgIpc) is 2.82. The van der Waals surface area contributed by atoms with Crippen molar-refractivity contribution in [1.29, 1.82) is 0 Å². The Morgan fingerprint density at radius 2 is 1.91 bits per heavy atom. The highest BCUT2D eigenvalue weighted by Crippen LogP contribution is 2.61. The van der Waals surface area contributed by atoms with Gasteiger partial charge in [0.05, 0.1) is 11.8 Å². The van der Waals surface area contributed by atoms with Crippen LogP contribution in [0.4, 0.5) is 0 Å². The maximum Gasteiger partial charge on any atom is 0.0605 e. The zero-order valence-corrected chi connectivity index (χ0v) is 15.0. The van der Waals surface area contributed by atoms with Gasteiger partial charge < -0.3 is 10.1 Å². The molecule has 6 atom stereocenters. The Bertz CT molecular complexity index is 538. The van der Waals surface area contributed by atoms with Gasteiger partial charge in [-0.1, -0.05) is 12.5 Å². The average molecular weight is 316 g/mol. The van der Waals surface area contributed by atoms with Gasteiger partial charge in [0.2, 0.25) is 0 Å². The first kappa shape index (κ1) is 15.7. The zero-order valence-electron chi connectivity index (χ0n) is 15.0. The van der Waals surface area contributed by atoms with E-state index in [1.54, 1.807) is 5.57 Å². The van der Waals surface area contributed by atoms with E-state index >= 15 is 0 Å². The minimum atomic E-state index is -0.0458. The molecule has 1 N–H and O–H groups in total. The number of hydrogen-bond acceptors (Lipinski definition) is 3. The monoisotopic (exact) mass is 316 g/mol. The summed E-state index contributed by atoms with van der Waals surface area (Å²) in [6.07, 6.45) is 12.3. The lowest BCUT2D eigenvalue weighted by Crippen LogP contribution is -2.47. The number of allylic oxidation sites excluding steroid dienone is 2. The highest BCUT2D eigenvalue weighted by Gasteiger charge is 2.55. The maximum atomic E-state index is 10.5. The molecular weight excluding hydrogens is 284 g/mol. The number of hydrazone groups is 1. The molecule has 0 aromatic rings. The maximum absolute atomic E-state index is 10.5. The van der Waals surface area contributed by atoms with Crippen molar-refractivity contribution in [2.45, 2.75) is 64.4 Å². The van der Waals surface area contributed by atoms with E-state index in [1.807, 2.05) is 19.1 Å². The molecular formula is C20H32N2O. The van der Waals surface area contributed by atoms with E-state index < -0.39 is 0 Å². The van der Waals surface area contributed by atoms with E-state index in [9.17, 15) is 5.11 Å². The number of fused-ring (bicyclic) bond motifs is 5. The molecule has 0 aliphatic heterocycles. The van der Waals surface area contributed by atoms with Gasteiger partial charge in [0, 0.05) is 14.1 Å². The predicted octanol–water partition coefficient (Wildman–Crippen LogP) is 3.84. The highest BCUT2D eigenvalue weighted by molar-refractivity contribution is 5.96. The van der Waals surface area contributed by atoms with E-state index in [-0.39, 0.29) is 11.5 Å². The van der Waals surface area contributed by atoms with Gasteiger partial charge >= 0.3 is 0 Å². The van der Waals surface area contributed by atoms with Gasteiger partial charge in [0.15, 0.2) is 0 Å². The number of aliphatic hydroxyl groups excluding tert-OH is 1. The van der Waals surface area contributed by atoms with Crippen molar-refractivity contribution in [1.82, 2.24) is 5.01 Å². The van der Waals surface area contributed by atoms with E-state index in [2.05, 4.69) is 18.1 Å². The summed E-state index contributed by atoms with van der Waals surface area (Å²) in [6.45, 7) is 2.37. The molecule has 0 bridgehead atoms. The molecule has 4 aliphatic carbocycles. The standard InChI is InChI=1S/C20H32N2O/c1-20-11-10-16-15-7-5-14(21-22(2)3)12-13(15)4-6-17(16)18(20)8-9-19(20)23/h12,15-19,23H,4-11H2,1-3H3/b21-14-. The van der Waals surface area contributed by atoms with Crippen molar-refractivity contribution in [3.8, 4) is 0 Å². The summed E-state index contributed by atoms with van der Waals surface area (Å²) in [5.74, 6) is 3.31. The lowest BCUT2D eigenvalue weighted by atomic mass is 9.52. The fourth-order valence-corrected chi connectivity index (χ4v) is 6.50. The first-order valence-corrected chi connectivity index (χ1v) is 9.62. The third-order valence-electron chi connectivity index (χ3n) is 7.59. The summed E-state index contributed by atoms with van der Waals surface area (Å²) in [4.78, 5) is 0. The van der Waals surface area contributed by atoms with E-state index in [4.69, 9.17) is 0 Å². The smallest absolute Gasteiger partial charge is 0.0605 e. The molecule has 4 rings (SSSR count). The van der Waals surface area contributed by atoms with Crippen LogP contribution in [-0.2, 0) is 0 Å². The summed E-state index contributed by atoms with van der Waals surface area (Å²) < 4.78 is 0. The number of rotatable bonds is 1. The molecule has 23 heavy (non-hydrogen) atoms. The van der Waals surface area contributed by atoms with E-state index in [0.717, 1.165) is 36.5 Å². The third-order valence-corrected chi connectivity index (χ3v) is 7.59. The fraction of sp³-hybridized carbons (Fsp3) is 0.850. The van der Waals surface area contributed by atoms with Crippen molar-refractivity contribution in [3.05, 3.63) is 11.6 Å². The zero-order chi connectivity index (χ0) is 16.2. The SMILES string of the molecule is CN(C)/N=C1\C=C2CCC3C(CCC4(C)C(O)CCC34)C2CC1. The van der Waals surface area contributed by atoms with Crippen molar-refractivity contribution in [2.75, 3.05) is 14.1 Å². The van der Waals surface area contributed by atoms with Crippen LogP contribution in [0.25, 0.3) is 0 Å². The number of aliphatic hydroxyl groups is 1. The molecule has 0 aromatic heterocycles. The fourth-order valence-electron chi connectivity index (χ4n) is 6.50. The molecule has 6 unspecified atom stereocenters. The molecule has 3 nitrogen and oxygen atoms in total. The van der Waals surface area contributed by atoms with Gasteiger partial charge in [0.1, 0.15) is 0 Å². The molecule has 3 saturated carbocycles. The lowest BCUT2D eigenvalue weighted by Gasteiger charge is -2.53. The first-order chi connectivity index (χ1) is 11.0. The van der Waals surface area contributed by atoms with Crippen molar-refractivity contribution >= 4 is 5.71 Å². The Balaban J connectivity index is 1.57. The van der Waals surface area contributed by atoms with Gasteiger partial charge in [-0.3, -0.25) is 0 Å². The lowest BCUT2D eigenvalue weighted by molar-refractivity contribution is -0.0525. The molecule has 4 aliphatic rings. The van der Waals surface area contributed by atoms with Gasteiger partial charge in [-0.25, -0.2) is 0 Å². The second-order valence-corrected chi connectivity index (χ2v) is 8.91.